The molecular formula is C21H30O3. The second kappa shape index (κ2) is 5.27. The Hall–Kier alpha value is -0.960. The Bertz CT molecular complexity index is 621. The molecule has 3 fully saturated rings. The van der Waals surface area contributed by atoms with Crippen molar-refractivity contribution in [2.75, 3.05) is 0 Å². The lowest BCUT2D eigenvalue weighted by molar-refractivity contribution is -0.143. The van der Waals surface area contributed by atoms with Crippen molar-refractivity contribution in [1.82, 2.24) is 0 Å². The van der Waals surface area contributed by atoms with E-state index in [9.17, 15) is 14.7 Å². The van der Waals surface area contributed by atoms with Crippen molar-refractivity contribution in [3.8, 4) is 0 Å². The van der Waals surface area contributed by atoms with E-state index in [0.29, 0.717) is 24.0 Å². The molecule has 132 valence electrons. The summed E-state index contributed by atoms with van der Waals surface area (Å²) in [5.41, 5.74) is 1.23. The molecule has 1 unspecified atom stereocenters. The number of ketones is 2. The third-order valence-corrected chi connectivity index (χ3v) is 8.38. The molecule has 3 saturated carbocycles. The highest BCUT2D eigenvalue weighted by atomic mass is 16.3. The molecule has 4 rings (SSSR count). The lowest BCUT2D eigenvalue weighted by atomic mass is 9.46. The summed E-state index contributed by atoms with van der Waals surface area (Å²) in [6.45, 7) is 6.27. The molecule has 0 aromatic heterocycles. The van der Waals surface area contributed by atoms with Gasteiger partial charge in [-0.2, -0.15) is 0 Å². The predicted octanol–water partition coefficient (Wildman–Crippen LogP) is 3.69. The molecule has 1 N–H and O–H groups in total. The Morgan fingerprint density at radius 1 is 1.21 bits per heavy atom. The predicted molar refractivity (Wildman–Crippen MR) is 92.3 cm³/mol. The van der Waals surface area contributed by atoms with Crippen molar-refractivity contribution in [3.63, 3.8) is 0 Å². The Balaban J connectivity index is 1.72. The van der Waals surface area contributed by atoms with E-state index < -0.39 is 0 Å². The van der Waals surface area contributed by atoms with E-state index in [4.69, 9.17) is 0 Å². The second-order valence-electron chi connectivity index (χ2n) is 9.41. The Labute approximate surface area is 144 Å². The fourth-order valence-corrected chi connectivity index (χ4v) is 7.35. The first-order valence-electron chi connectivity index (χ1n) is 9.70. The van der Waals surface area contributed by atoms with E-state index in [2.05, 4.69) is 13.8 Å². The smallest absolute Gasteiger partial charge is 0.155 e. The highest BCUT2D eigenvalue weighted by Crippen LogP contribution is 2.66. The molecule has 0 bridgehead atoms. The van der Waals surface area contributed by atoms with Crippen molar-refractivity contribution < 1.29 is 14.7 Å². The van der Waals surface area contributed by atoms with Gasteiger partial charge in [-0.1, -0.05) is 19.4 Å². The fraction of sp³-hybridized carbons (Fsp3) is 0.810. The second-order valence-corrected chi connectivity index (χ2v) is 9.41. The van der Waals surface area contributed by atoms with Gasteiger partial charge >= 0.3 is 0 Å². The Morgan fingerprint density at radius 3 is 2.67 bits per heavy atom. The minimum atomic E-state index is -0.349. The minimum absolute atomic E-state index is 0.0219. The number of fused-ring (bicyclic) bond motifs is 5. The monoisotopic (exact) mass is 330 g/mol. The molecule has 24 heavy (non-hydrogen) atoms. The molecule has 0 radical (unpaired) electrons. The molecule has 3 nitrogen and oxygen atoms in total. The molecule has 0 spiro atoms. The normalized spacial score (nSPS) is 50.6. The number of hydrogen-bond donors (Lipinski definition) is 1. The first kappa shape index (κ1) is 16.5. The number of Topliss-reactive ketones (excluding diaryl/α,β-unsaturated/α-hetero) is 1. The summed E-state index contributed by atoms with van der Waals surface area (Å²) in [6.07, 6.45) is 7.97. The van der Waals surface area contributed by atoms with E-state index in [1.54, 1.807) is 6.92 Å². The average Bonchev–Trinajstić information content (AvgIpc) is 2.84. The fourth-order valence-electron chi connectivity index (χ4n) is 7.35. The zero-order valence-electron chi connectivity index (χ0n) is 15.2. The molecule has 0 saturated heterocycles. The third-order valence-electron chi connectivity index (χ3n) is 8.38. The van der Waals surface area contributed by atoms with Gasteiger partial charge in [-0.15, -0.1) is 0 Å². The van der Waals surface area contributed by atoms with Crippen LogP contribution in [0.4, 0.5) is 0 Å². The zero-order chi connectivity index (χ0) is 17.3. The van der Waals surface area contributed by atoms with E-state index in [1.165, 1.54) is 5.57 Å². The number of aliphatic hydroxyl groups is 1. The number of hydrogen-bond acceptors (Lipinski definition) is 3. The number of aliphatic hydroxyl groups excluding tert-OH is 1. The van der Waals surface area contributed by atoms with Crippen molar-refractivity contribution in [2.45, 2.75) is 71.8 Å². The minimum Gasteiger partial charge on any atom is -0.393 e. The highest BCUT2D eigenvalue weighted by Gasteiger charge is 2.62. The number of allylic oxidation sites excluding steroid dienone is 1. The molecule has 0 aromatic carbocycles. The zero-order valence-corrected chi connectivity index (χ0v) is 15.2. The quantitative estimate of drug-likeness (QED) is 0.797. The molecule has 3 heteroatoms. The SMILES string of the molecule is CC(=O)[C@H]1CC[C@H]2[C@@H]3CCC4=CC(=O)CCC4(C)[C@H]3[C@H](O)C[C@]12C. The Morgan fingerprint density at radius 2 is 1.96 bits per heavy atom. The average molecular weight is 330 g/mol. The van der Waals surface area contributed by atoms with Crippen LogP contribution in [0, 0.1) is 34.5 Å². The maximum Gasteiger partial charge on any atom is 0.155 e. The van der Waals surface area contributed by atoms with Crippen LogP contribution in [-0.2, 0) is 9.59 Å². The van der Waals surface area contributed by atoms with Gasteiger partial charge in [-0.3, -0.25) is 9.59 Å². The molecule has 7 atom stereocenters. The first-order chi connectivity index (χ1) is 11.3. The van der Waals surface area contributed by atoms with Crippen LogP contribution in [0.25, 0.3) is 0 Å². The van der Waals surface area contributed by atoms with Crippen molar-refractivity contribution in [2.24, 2.45) is 34.5 Å². The topological polar surface area (TPSA) is 54.4 Å². The number of rotatable bonds is 1. The molecule has 0 amide bonds. The van der Waals surface area contributed by atoms with Crippen LogP contribution in [0.1, 0.15) is 65.7 Å². The summed E-state index contributed by atoms with van der Waals surface area (Å²) in [5, 5.41) is 11.2. The van der Waals surface area contributed by atoms with E-state index >= 15 is 0 Å². The van der Waals surface area contributed by atoms with Gasteiger partial charge in [0.25, 0.3) is 0 Å². The maximum absolute atomic E-state index is 12.2. The summed E-state index contributed by atoms with van der Waals surface area (Å²) < 4.78 is 0. The molecule has 0 heterocycles. The summed E-state index contributed by atoms with van der Waals surface area (Å²) in [6, 6.07) is 0. The van der Waals surface area contributed by atoms with Gasteiger partial charge in [0.15, 0.2) is 5.78 Å². The van der Waals surface area contributed by atoms with Crippen LogP contribution in [0.2, 0.25) is 0 Å². The number of carbonyl (C=O) groups is 2. The van der Waals surface area contributed by atoms with Crippen molar-refractivity contribution in [1.29, 1.82) is 0 Å². The van der Waals surface area contributed by atoms with Crippen LogP contribution in [0.3, 0.4) is 0 Å². The first-order valence-corrected chi connectivity index (χ1v) is 9.70. The van der Waals surface area contributed by atoms with Crippen LogP contribution in [-0.4, -0.2) is 22.8 Å². The lowest BCUT2D eigenvalue weighted by Gasteiger charge is -2.59. The highest BCUT2D eigenvalue weighted by molar-refractivity contribution is 5.91. The van der Waals surface area contributed by atoms with Gasteiger partial charge in [0.2, 0.25) is 0 Å². The van der Waals surface area contributed by atoms with Crippen LogP contribution in [0.15, 0.2) is 11.6 Å². The van der Waals surface area contributed by atoms with E-state index in [-0.39, 0.29) is 34.6 Å². The summed E-state index contributed by atoms with van der Waals surface area (Å²) in [7, 11) is 0. The van der Waals surface area contributed by atoms with Gasteiger partial charge in [0, 0.05) is 12.3 Å². The maximum atomic E-state index is 12.2. The molecule has 4 aliphatic carbocycles. The third kappa shape index (κ3) is 2.06. The summed E-state index contributed by atoms with van der Waals surface area (Å²) in [5.74, 6) is 1.99. The molecule has 0 aromatic rings. The standard InChI is InChI=1S/C21H30O3/c1-12(22)16-6-7-17-15-5-4-13-10-14(23)8-9-20(13,2)19(15)18(24)11-21(16,17)3/h10,15-19,24H,4-9,11H2,1-3H3/t15-,16+,17-,18+,19+,20?,21+/m0/s1. The van der Waals surface area contributed by atoms with Crippen LogP contribution < -0.4 is 0 Å². The van der Waals surface area contributed by atoms with Crippen LogP contribution in [0.5, 0.6) is 0 Å². The molecule has 0 aliphatic heterocycles. The van der Waals surface area contributed by atoms with E-state index in [0.717, 1.165) is 38.5 Å². The number of carbonyl (C=O) groups excluding carboxylic acids is 2. The summed E-state index contributed by atoms with van der Waals surface area (Å²) >= 11 is 0. The van der Waals surface area contributed by atoms with Gasteiger partial charge in [-0.25, -0.2) is 0 Å². The van der Waals surface area contributed by atoms with Crippen LogP contribution >= 0.6 is 0 Å². The van der Waals surface area contributed by atoms with Gasteiger partial charge in [-0.05, 0) is 80.1 Å². The Kier molecular flexibility index (Phi) is 3.62. The molecule has 4 aliphatic rings. The largest absolute Gasteiger partial charge is 0.393 e. The van der Waals surface area contributed by atoms with Gasteiger partial charge < -0.3 is 5.11 Å². The summed E-state index contributed by atoms with van der Waals surface area (Å²) in [4.78, 5) is 24.0. The van der Waals surface area contributed by atoms with Crippen molar-refractivity contribution in [3.05, 3.63) is 11.6 Å². The molecular weight excluding hydrogens is 300 g/mol. The van der Waals surface area contributed by atoms with Gasteiger partial charge in [0.1, 0.15) is 5.78 Å². The lowest BCUT2D eigenvalue weighted by Crippen LogP contribution is -2.56. The van der Waals surface area contributed by atoms with E-state index in [1.807, 2.05) is 6.08 Å². The van der Waals surface area contributed by atoms with Crippen molar-refractivity contribution >= 4 is 11.6 Å². The van der Waals surface area contributed by atoms with Gasteiger partial charge in [0.05, 0.1) is 6.10 Å².